The van der Waals surface area contributed by atoms with E-state index in [1.54, 1.807) is 0 Å². The molecule has 2 amide bonds. The molecule has 0 saturated heterocycles. The van der Waals surface area contributed by atoms with E-state index in [1.165, 1.54) is 32.1 Å². The maximum Gasteiger partial charge on any atom is 0.309 e. The van der Waals surface area contributed by atoms with Gasteiger partial charge in [-0.15, -0.1) is 0 Å². The Labute approximate surface area is 117 Å². The minimum Gasteiger partial charge on any atom is -0.348 e. The zero-order chi connectivity index (χ0) is 14.5. The van der Waals surface area contributed by atoms with Gasteiger partial charge in [0.05, 0.1) is 0 Å². The molecule has 4 nitrogen and oxygen atoms in total. The zero-order valence-corrected chi connectivity index (χ0v) is 12.8. The van der Waals surface area contributed by atoms with Crippen molar-refractivity contribution in [1.82, 2.24) is 10.6 Å². The Balaban J connectivity index is 3.45. The molecule has 0 aromatic heterocycles. The van der Waals surface area contributed by atoms with Crippen molar-refractivity contribution in [2.75, 3.05) is 6.54 Å². The molecule has 0 fully saturated rings. The van der Waals surface area contributed by atoms with Gasteiger partial charge in [-0.25, -0.2) is 0 Å². The Bertz CT molecular complexity index is 255. The molecule has 0 aliphatic carbocycles. The first-order chi connectivity index (χ1) is 9.11. The quantitative estimate of drug-likeness (QED) is 0.474. The topological polar surface area (TPSA) is 58.2 Å². The molecule has 0 saturated carbocycles. The summed E-state index contributed by atoms with van der Waals surface area (Å²) in [6, 6.07) is 0.0526. The van der Waals surface area contributed by atoms with Gasteiger partial charge in [0.25, 0.3) is 0 Å². The highest BCUT2D eigenvalue weighted by atomic mass is 16.2. The number of nitrogens with one attached hydrogen (secondary N) is 2. The molecule has 0 aliphatic heterocycles. The van der Waals surface area contributed by atoms with Gasteiger partial charge in [0.1, 0.15) is 0 Å². The normalized spacial score (nSPS) is 11.9. The maximum absolute atomic E-state index is 11.4. The highest BCUT2D eigenvalue weighted by Crippen LogP contribution is 2.06. The lowest BCUT2D eigenvalue weighted by Crippen LogP contribution is -2.43. The number of carbonyl (C=O) groups is 2. The van der Waals surface area contributed by atoms with Crippen molar-refractivity contribution in [3.05, 3.63) is 0 Å². The third kappa shape index (κ3) is 10.5. The van der Waals surface area contributed by atoms with E-state index in [0.717, 1.165) is 19.3 Å². The standard InChI is InChI=1S/C15H30N2O2/c1-4-6-7-8-9-10-11-12-16-14(18)15(19)17-13(3)5-2/h13H,4-12H2,1-3H3,(H,16,18)(H,17,19)/t13-/m1/s1. The summed E-state index contributed by atoms with van der Waals surface area (Å²) in [5.74, 6) is -1.02. The SMILES string of the molecule is CCCCCCCCCNC(=O)C(=O)N[C@H](C)CC. The number of hydrogen-bond donors (Lipinski definition) is 2. The Kier molecular flexibility index (Phi) is 11.3. The van der Waals surface area contributed by atoms with Crippen LogP contribution in [0.15, 0.2) is 0 Å². The van der Waals surface area contributed by atoms with E-state index in [0.29, 0.717) is 6.54 Å². The van der Waals surface area contributed by atoms with Gasteiger partial charge in [0.15, 0.2) is 0 Å². The summed E-state index contributed by atoms with van der Waals surface area (Å²) in [4.78, 5) is 22.9. The summed E-state index contributed by atoms with van der Waals surface area (Å²) >= 11 is 0. The van der Waals surface area contributed by atoms with Crippen LogP contribution in [-0.2, 0) is 9.59 Å². The lowest BCUT2D eigenvalue weighted by Gasteiger charge is -2.11. The molecule has 19 heavy (non-hydrogen) atoms. The van der Waals surface area contributed by atoms with Gasteiger partial charge in [-0.05, 0) is 19.8 Å². The average Bonchev–Trinajstić information content (AvgIpc) is 2.41. The summed E-state index contributed by atoms with van der Waals surface area (Å²) in [6.45, 7) is 6.67. The van der Waals surface area contributed by atoms with Gasteiger partial charge in [0.2, 0.25) is 0 Å². The predicted molar refractivity (Wildman–Crippen MR) is 78.9 cm³/mol. The summed E-state index contributed by atoms with van der Waals surface area (Å²) in [6.07, 6.45) is 9.28. The van der Waals surface area contributed by atoms with E-state index in [9.17, 15) is 9.59 Å². The summed E-state index contributed by atoms with van der Waals surface area (Å²) in [7, 11) is 0. The molecule has 112 valence electrons. The Hall–Kier alpha value is -1.06. The zero-order valence-electron chi connectivity index (χ0n) is 12.8. The van der Waals surface area contributed by atoms with Crippen LogP contribution in [0.25, 0.3) is 0 Å². The van der Waals surface area contributed by atoms with Crippen molar-refractivity contribution in [3.8, 4) is 0 Å². The van der Waals surface area contributed by atoms with Crippen LogP contribution in [0.1, 0.15) is 72.1 Å². The first kappa shape index (κ1) is 17.9. The maximum atomic E-state index is 11.4. The summed E-state index contributed by atoms with van der Waals surface area (Å²) < 4.78 is 0. The van der Waals surface area contributed by atoms with Crippen molar-refractivity contribution >= 4 is 11.8 Å². The Morgan fingerprint density at radius 3 is 2.05 bits per heavy atom. The number of hydrogen-bond acceptors (Lipinski definition) is 2. The first-order valence-electron chi connectivity index (χ1n) is 7.70. The summed E-state index contributed by atoms with van der Waals surface area (Å²) in [5.41, 5.74) is 0. The fraction of sp³-hybridized carbons (Fsp3) is 0.867. The first-order valence-corrected chi connectivity index (χ1v) is 7.70. The average molecular weight is 270 g/mol. The fourth-order valence-corrected chi connectivity index (χ4v) is 1.76. The second kappa shape index (κ2) is 12.0. The van der Waals surface area contributed by atoms with E-state index >= 15 is 0 Å². The number of unbranched alkanes of at least 4 members (excludes halogenated alkanes) is 6. The summed E-state index contributed by atoms with van der Waals surface area (Å²) in [5, 5.41) is 5.32. The molecule has 0 unspecified atom stereocenters. The number of rotatable bonds is 10. The largest absolute Gasteiger partial charge is 0.348 e. The van der Waals surface area contributed by atoms with Crippen molar-refractivity contribution in [2.45, 2.75) is 78.2 Å². The van der Waals surface area contributed by atoms with Gasteiger partial charge < -0.3 is 10.6 Å². The van der Waals surface area contributed by atoms with Gasteiger partial charge in [-0.2, -0.15) is 0 Å². The lowest BCUT2D eigenvalue weighted by atomic mass is 10.1. The molecule has 0 heterocycles. The van der Waals surface area contributed by atoms with E-state index in [2.05, 4.69) is 17.6 Å². The minimum atomic E-state index is -0.516. The number of carbonyl (C=O) groups excluding carboxylic acids is 2. The number of amides is 2. The van der Waals surface area contributed by atoms with Crippen molar-refractivity contribution in [3.63, 3.8) is 0 Å². The molecular weight excluding hydrogens is 240 g/mol. The molecule has 1 atom stereocenters. The van der Waals surface area contributed by atoms with E-state index in [4.69, 9.17) is 0 Å². The van der Waals surface area contributed by atoms with Crippen LogP contribution in [0, 0.1) is 0 Å². The van der Waals surface area contributed by atoms with Crippen LogP contribution in [0.2, 0.25) is 0 Å². The second-order valence-electron chi connectivity index (χ2n) is 5.16. The lowest BCUT2D eigenvalue weighted by molar-refractivity contribution is -0.139. The third-order valence-corrected chi connectivity index (χ3v) is 3.26. The Morgan fingerprint density at radius 1 is 0.895 bits per heavy atom. The second-order valence-corrected chi connectivity index (χ2v) is 5.16. The van der Waals surface area contributed by atoms with E-state index in [-0.39, 0.29) is 6.04 Å². The monoisotopic (exact) mass is 270 g/mol. The van der Waals surface area contributed by atoms with Gasteiger partial charge in [0, 0.05) is 12.6 Å². The van der Waals surface area contributed by atoms with Crippen LogP contribution >= 0.6 is 0 Å². The third-order valence-electron chi connectivity index (χ3n) is 3.26. The van der Waals surface area contributed by atoms with Crippen molar-refractivity contribution in [2.24, 2.45) is 0 Å². The molecule has 2 N–H and O–H groups in total. The van der Waals surface area contributed by atoms with E-state index in [1.807, 2.05) is 13.8 Å². The van der Waals surface area contributed by atoms with Crippen LogP contribution in [-0.4, -0.2) is 24.4 Å². The molecular formula is C15H30N2O2. The Morgan fingerprint density at radius 2 is 1.47 bits per heavy atom. The predicted octanol–water partition coefficient (Wildman–Crippen LogP) is 2.77. The van der Waals surface area contributed by atoms with Crippen molar-refractivity contribution in [1.29, 1.82) is 0 Å². The van der Waals surface area contributed by atoms with Crippen LogP contribution in [0.4, 0.5) is 0 Å². The van der Waals surface area contributed by atoms with Crippen molar-refractivity contribution < 1.29 is 9.59 Å². The van der Waals surface area contributed by atoms with Crippen LogP contribution in [0.5, 0.6) is 0 Å². The van der Waals surface area contributed by atoms with Gasteiger partial charge in [-0.1, -0.05) is 52.4 Å². The fourth-order valence-electron chi connectivity index (χ4n) is 1.76. The molecule has 0 radical (unpaired) electrons. The van der Waals surface area contributed by atoms with Gasteiger partial charge >= 0.3 is 11.8 Å². The molecule has 0 rings (SSSR count). The molecule has 0 aliphatic rings. The highest BCUT2D eigenvalue weighted by Gasteiger charge is 2.13. The van der Waals surface area contributed by atoms with Crippen LogP contribution < -0.4 is 10.6 Å². The van der Waals surface area contributed by atoms with Crippen LogP contribution in [0.3, 0.4) is 0 Å². The van der Waals surface area contributed by atoms with E-state index < -0.39 is 11.8 Å². The molecule has 4 heteroatoms. The van der Waals surface area contributed by atoms with Gasteiger partial charge in [-0.3, -0.25) is 9.59 Å². The smallest absolute Gasteiger partial charge is 0.309 e. The molecule has 0 bridgehead atoms. The highest BCUT2D eigenvalue weighted by molar-refractivity contribution is 6.35. The molecule has 0 aromatic carbocycles. The molecule has 0 spiro atoms. The molecule has 0 aromatic rings. The minimum absolute atomic E-state index is 0.0526.